The second kappa shape index (κ2) is 6.10. The van der Waals surface area contributed by atoms with Crippen molar-refractivity contribution in [1.29, 1.82) is 0 Å². The first-order valence-electron chi connectivity index (χ1n) is 6.73. The fraction of sp³-hybridized carbons (Fsp3) is 0.0625. The number of cyclic esters (lactones) is 1. The SMILES string of the molecule is O=C1O[C@H](/C(=C\Nc2cccc(Cl)c2)[N+](=O)[O-])c2ccccc21. The Hall–Kier alpha value is -2.86. The Morgan fingerprint density at radius 2 is 2.04 bits per heavy atom. The van der Waals surface area contributed by atoms with E-state index in [0.717, 1.165) is 0 Å². The molecule has 1 heterocycles. The molecule has 1 atom stereocenters. The van der Waals surface area contributed by atoms with Crippen LogP contribution in [-0.4, -0.2) is 10.9 Å². The molecule has 0 bridgehead atoms. The van der Waals surface area contributed by atoms with Gasteiger partial charge in [-0.1, -0.05) is 35.9 Å². The molecule has 1 aliphatic rings. The molecule has 6 nitrogen and oxygen atoms in total. The van der Waals surface area contributed by atoms with Gasteiger partial charge in [0, 0.05) is 16.3 Å². The van der Waals surface area contributed by atoms with Crippen LogP contribution < -0.4 is 5.32 Å². The van der Waals surface area contributed by atoms with Crippen LogP contribution in [0, 0.1) is 10.1 Å². The number of fused-ring (bicyclic) bond motifs is 1. The summed E-state index contributed by atoms with van der Waals surface area (Å²) in [6, 6.07) is 13.4. The van der Waals surface area contributed by atoms with Crippen LogP contribution in [0.1, 0.15) is 22.0 Å². The van der Waals surface area contributed by atoms with Gasteiger partial charge in [0.05, 0.1) is 16.7 Å². The Bertz CT molecular complexity index is 819. The number of carbonyl (C=O) groups is 1. The molecule has 0 saturated heterocycles. The predicted octanol–water partition coefficient (Wildman–Crippen LogP) is 3.78. The zero-order valence-corrected chi connectivity index (χ0v) is 12.5. The summed E-state index contributed by atoms with van der Waals surface area (Å²) in [5, 5.41) is 14.7. The number of esters is 1. The van der Waals surface area contributed by atoms with E-state index in [1.807, 2.05) is 0 Å². The lowest BCUT2D eigenvalue weighted by atomic mass is 10.0. The van der Waals surface area contributed by atoms with Gasteiger partial charge in [-0.2, -0.15) is 0 Å². The third kappa shape index (κ3) is 3.02. The molecule has 23 heavy (non-hydrogen) atoms. The standard InChI is InChI=1S/C16H11ClN2O4/c17-10-4-3-5-11(8-10)18-9-14(19(21)22)15-12-6-1-2-7-13(12)16(20)23-15/h1-9,15,18H/b14-9+/t15-/m0/s1. The molecule has 0 saturated carbocycles. The minimum atomic E-state index is -1.04. The van der Waals surface area contributed by atoms with Gasteiger partial charge >= 0.3 is 11.7 Å². The fourth-order valence-electron chi connectivity index (χ4n) is 2.32. The lowest BCUT2D eigenvalue weighted by Gasteiger charge is -2.09. The molecule has 0 aliphatic carbocycles. The largest absolute Gasteiger partial charge is 0.442 e. The quantitative estimate of drug-likeness (QED) is 0.524. The Morgan fingerprint density at radius 3 is 2.78 bits per heavy atom. The van der Waals surface area contributed by atoms with Gasteiger partial charge in [0.25, 0.3) is 0 Å². The Labute approximate surface area is 136 Å². The zero-order valence-electron chi connectivity index (χ0n) is 11.7. The van der Waals surface area contributed by atoms with Crippen LogP contribution in [0.4, 0.5) is 5.69 Å². The summed E-state index contributed by atoms with van der Waals surface area (Å²) >= 11 is 5.87. The van der Waals surface area contributed by atoms with Crippen molar-refractivity contribution in [3.05, 3.63) is 86.7 Å². The molecule has 0 spiro atoms. The molecule has 116 valence electrons. The highest BCUT2D eigenvalue weighted by molar-refractivity contribution is 6.30. The Kier molecular flexibility index (Phi) is 3.99. The number of rotatable bonds is 4. The van der Waals surface area contributed by atoms with Crippen molar-refractivity contribution >= 4 is 23.3 Å². The van der Waals surface area contributed by atoms with E-state index in [4.69, 9.17) is 16.3 Å². The number of ether oxygens (including phenoxy) is 1. The van der Waals surface area contributed by atoms with E-state index in [0.29, 0.717) is 21.8 Å². The van der Waals surface area contributed by atoms with Crippen LogP contribution in [0.2, 0.25) is 5.02 Å². The van der Waals surface area contributed by atoms with Crippen LogP contribution in [0.5, 0.6) is 0 Å². The van der Waals surface area contributed by atoms with Crippen molar-refractivity contribution in [2.24, 2.45) is 0 Å². The van der Waals surface area contributed by atoms with Gasteiger partial charge in [0.1, 0.15) is 0 Å². The Balaban J connectivity index is 1.93. The van der Waals surface area contributed by atoms with Gasteiger partial charge in [-0.05, 0) is 24.3 Å². The number of hydrogen-bond acceptors (Lipinski definition) is 5. The van der Waals surface area contributed by atoms with E-state index < -0.39 is 17.0 Å². The number of hydrogen-bond donors (Lipinski definition) is 1. The molecule has 2 aromatic carbocycles. The monoisotopic (exact) mass is 330 g/mol. The second-order valence-electron chi connectivity index (χ2n) is 4.85. The van der Waals surface area contributed by atoms with Crippen LogP contribution in [0.25, 0.3) is 0 Å². The van der Waals surface area contributed by atoms with Gasteiger partial charge < -0.3 is 10.1 Å². The number of nitrogens with zero attached hydrogens (tertiary/aromatic N) is 1. The molecule has 7 heteroatoms. The molecule has 0 aromatic heterocycles. The van der Waals surface area contributed by atoms with E-state index in [2.05, 4.69) is 5.32 Å². The van der Waals surface area contributed by atoms with Crippen molar-refractivity contribution in [3.8, 4) is 0 Å². The summed E-state index contributed by atoms with van der Waals surface area (Å²) in [6.07, 6.45) is 0.173. The molecule has 1 N–H and O–H groups in total. The zero-order chi connectivity index (χ0) is 16.4. The number of halogens is 1. The Morgan fingerprint density at radius 1 is 1.26 bits per heavy atom. The van der Waals surface area contributed by atoms with E-state index >= 15 is 0 Å². The summed E-state index contributed by atoms with van der Waals surface area (Å²) < 4.78 is 5.15. The molecule has 0 unspecified atom stereocenters. The van der Waals surface area contributed by atoms with Gasteiger partial charge in [-0.15, -0.1) is 0 Å². The lowest BCUT2D eigenvalue weighted by Crippen LogP contribution is -2.12. The lowest BCUT2D eigenvalue weighted by molar-refractivity contribution is -0.436. The third-order valence-electron chi connectivity index (χ3n) is 3.38. The molecule has 0 fully saturated rings. The first-order valence-corrected chi connectivity index (χ1v) is 7.10. The van der Waals surface area contributed by atoms with E-state index in [1.54, 1.807) is 48.5 Å². The minimum absolute atomic E-state index is 0.261. The smallest absolute Gasteiger partial charge is 0.339 e. The normalized spacial score (nSPS) is 16.7. The number of nitrogens with one attached hydrogen (secondary N) is 1. The van der Waals surface area contributed by atoms with Crippen molar-refractivity contribution in [1.82, 2.24) is 0 Å². The van der Waals surface area contributed by atoms with Crippen LogP contribution >= 0.6 is 11.6 Å². The van der Waals surface area contributed by atoms with Gasteiger partial charge in [-0.3, -0.25) is 10.1 Å². The first-order chi connectivity index (χ1) is 11.1. The molecule has 1 aliphatic heterocycles. The highest BCUT2D eigenvalue weighted by Gasteiger charge is 2.39. The fourth-order valence-corrected chi connectivity index (χ4v) is 2.52. The van der Waals surface area contributed by atoms with Crippen LogP contribution in [0.3, 0.4) is 0 Å². The molecule has 2 aromatic rings. The van der Waals surface area contributed by atoms with Crippen molar-refractivity contribution in [3.63, 3.8) is 0 Å². The van der Waals surface area contributed by atoms with Crippen molar-refractivity contribution in [2.45, 2.75) is 6.10 Å². The van der Waals surface area contributed by atoms with Crippen LogP contribution in [0.15, 0.2) is 60.4 Å². The predicted molar refractivity (Wildman–Crippen MR) is 84.8 cm³/mol. The summed E-state index contributed by atoms with van der Waals surface area (Å²) in [5.74, 6) is -0.568. The van der Waals surface area contributed by atoms with Gasteiger partial charge in [-0.25, -0.2) is 4.79 Å². The second-order valence-corrected chi connectivity index (χ2v) is 5.29. The topological polar surface area (TPSA) is 81.5 Å². The first kappa shape index (κ1) is 15.1. The number of nitro groups is 1. The minimum Gasteiger partial charge on any atom is -0.442 e. The highest BCUT2D eigenvalue weighted by Crippen LogP contribution is 2.35. The molecular formula is C16H11ClN2O4. The van der Waals surface area contributed by atoms with E-state index in [1.165, 1.54) is 6.20 Å². The average molecular weight is 331 g/mol. The van der Waals surface area contributed by atoms with E-state index in [-0.39, 0.29) is 5.70 Å². The average Bonchev–Trinajstić information content (AvgIpc) is 2.85. The summed E-state index contributed by atoms with van der Waals surface area (Å²) in [7, 11) is 0. The van der Waals surface area contributed by atoms with Crippen LogP contribution in [-0.2, 0) is 4.74 Å². The van der Waals surface area contributed by atoms with Crippen molar-refractivity contribution < 1.29 is 14.5 Å². The summed E-state index contributed by atoms with van der Waals surface area (Å²) in [4.78, 5) is 22.6. The highest BCUT2D eigenvalue weighted by atomic mass is 35.5. The number of benzene rings is 2. The van der Waals surface area contributed by atoms with E-state index in [9.17, 15) is 14.9 Å². The maximum atomic E-state index is 11.8. The third-order valence-corrected chi connectivity index (χ3v) is 3.61. The molecule has 3 rings (SSSR count). The van der Waals surface area contributed by atoms with Gasteiger partial charge in [0.15, 0.2) is 0 Å². The summed E-state index contributed by atoms with van der Waals surface area (Å²) in [6.45, 7) is 0. The molecular weight excluding hydrogens is 320 g/mol. The molecule has 0 amide bonds. The van der Waals surface area contributed by atoms with Gasteiger partial charge in [0.2, 0.25) is 6.10 Å². The molecule has 0 radical (unpaired) electrons. The maximum absolute atomic E-state index is 11.8. The maximum Gasteiger partial charge on any atom is 0.339 e. The summed E-state index contributed by atoms with van der Waals surface area (Å²) in [5.41, 5.74) is 1.15. The number of anilines is 1. The van der Waals surface area contributed by atoms with Crippen molar-refractivity contribution in [2.75, 3.05) is 5.32 Å². The number of carbonyl (C=O) groups excluding carboxylic acids is 1.